The Hall–Kier alpha value is -1.12. The largest absolute Gasteiger partial charge is 0.383 e. The summed E-state index contributed by atoms with van der Waals surface area (Å²) in [5, 5.41) is 6.41. The van der Waals surface area contributed by atoms with Gasteiger partial charge in [0.1, 0.15) is 11.4 Å². The van der Waals surface area contributed by atoms with Gasteiger partial charge in [0.05, 0.1) is 12.8 Å². The Labute approximate surface area is 109 Å². The van der Waals surface area contributed by atoms with Crippen LogP contribution in [0.4, 0.5) is 0 Å². The third-order valence-corrected chi connectivity index (χ3v) is 3.33. The molecule has 0 spiro atoms. The second kappa shape index (κ2) is 6.17. The first-order valence-electron chi connectivity index (χ1n) is 5.08. The molecule has 1 heterocycles. The molecule has 1 amide bonds. The summed E-state index contributed by atoms with van der Waals surface area (Å²) in [7, 11) is 2.86. The summed E-state index contributed by atoms with van der Waals surface area (Å²) in [6.07, 6.45) is 2.29. The van der Waals surface area contributed by atoms with Crippen LogP contribution in [0.2, 0.25) is 0 Å². The number of methoxy groups -OCH3 is 1. The van der Waals surface area contributed by atoms with Gasteiger partial charge >= 0.3 is 0 Å². The number of halogens is 1. The Morgan fingerprint density at radius 1 is 1.67 bits per heavy atom. The van der Waals surface area contributed by atoms with Crippen molar-refractivity contribution in [2.24, 2.45) is 0 Å². The molecule has 0 saturated heterocycles. The zero-order valence-corrected chi connectivity index (χ0v) is 11.5. The van der Waals surface area contributed by atoms with Crippen molar-refractivity contribution in [3.05, 3.63) is 12.4 Å². The molecule has 1 N–H and O–H groups in total. The van der Waals surface area contributed by atoms with E-state index in [1.165, 1.54) is 18.0 Å². The lowest BCUT2D eigenvalue weighted by molar-refractivity contribution is -0.122. The van der Waals surface area contributed by atoms with Crippen molar-refractivity contribution < 1.29 is 17.9 Å². The van der Waals surface area contributed by atoms with Crippen molar-refractivity contribution in [1.82, 2.24) is 15.1 Å². The standard InChI is InChI=1S/C9H14ClN3O4S/c1-7(6-17-2)12-9(14)5-13-4-8(3-11-13)18(10,15)16/h3-4,7H,5-6H2,1-2H3,(H,12,14). The third kappa shape index (κ3) is 4.63. The molecule has 0 radical (unpaired) electrons. The normalized spacial score (nSPS) is 13.3. The maximum absolute atomic E-state index is 11.5. The fourth-order valence-corrected chi connectivity index (χ4v) is 1.98. The second-order valence-electron chi connectivity index (χ2n) is 3.74. The van der Waals surface area contributed by atoms with Crippen LogP contribution in [0.3, 0.4) is 0 Å². The number of nitrogens with zero attached hydrogens (tertiary/aromatic N) is 2. The van der Waals surface area contributed by atoms with E-state index in [-0.39, 0.29) is 23.4 Å². The Kier molecular flexibility index (Phi) is 5.12. The van der Waals surface area contributed by atoms with E-state index in [4.69, 9.17) is 15.4 Å². The van der Waals surface area contributed by atoms with E-state index < -0.39 is 9.05 Å². The van der Waals surface area contributed by atoms with E-state index in [0.29, 0.717) is 6.61 Å². The first-order chi connectivity index (χ1) is 8.32. The van der Waals surface area contributed by atoms with E-state index >= 15 is 0 Å². The molecule has 7 nitrogen and oxygen atoms in total. The molecule has 1 unspecified atom stereocenters. The SMILES string of the molecule is COCC(C)NC(=O)Cn1cc(S(=O)(=O)Cl)cn1. The number of amides is 1. The Morgan fingerprint density at radius 2 is 2.33 bits per heavy atom. The van der Waals surface area contributed by atoms with Crippen molar-refractivity contribution in [2.45, 2.75) is 24.4 Å². The number of hydrogen-bond donors (Lipinski definition) is 1. The molecule has 0 fully saturated rings. The van der Waals surface area contributed by atoms with Gasteiger partial charge < -0.3 is 10.1 Å². The Bertz CT molecular complexity index is 514. The molecule has 1 aromatic rings. The molecule has 0 aliphatic rings. The first kappa shape index (κ1) is 14.9. The van der Waals surface area contributed by atoms with Crippen LogP contribution in [0.15, 0.2) is 17.3 Å². The maximum atomic E-state index is 11.5. The summed E-state index contributed by atoms with van der Waals surface area (Å²) in [4.78, 5) is 11.4. The van der Waals surface area contributed by atoms with Gasteiger partial charge in [0.2, 0.25) is 5.91 Å². The molecule has 0 bridgehead atoms. The van der Waals surface area contributed by atoms with Gasteiger partial charge in [0.15, 0.2) is 0 Å². The number of nitrogens with one attached hydrogen (secondary N) is 1. The molecular weight excluding hydrogens is 282 g/mol. The number of ether oxygens (including phenoxy) is 1. The minimum absolute atomic E-state index is 0.0829. The zero-order valence-electron chi connectivity index (χ0n) is 9.96. The van der Waals surface area contributed by atoms with Crippen molar-refractivity contribution in [1.29, 1.82) is 0 Å². The van der Waals surface area contributed by atoms with E-state index in [1.807, 2.05) is 0 Å². The lowest BCUT2D eigenvalue weighted by atomic mass is 10.3. The average Bonchev–Trinajstić information content (AvgIpc) is 2.65. The van der Waals surface area contributed by atoms with E-state index in [1.54, 1.807) is 6.92 Å². The monoisotopic (exact) mass is 295 g/mol. The number of aromatic nitrogens is 2. The molecule has 1 atom stereocenters. The molecule has 102 valence electrons. The van der Waals surface area contributed by atoms with Crippen molar-refractivity contribution >= 4 is 25.6 Å². The van der Waals surface area contributed by atoms with E-state index in [0.717, 1.165) is 6.20 Å². The highest BCUT2D eigenvalue weighted by atomic mass is 35.7. The van der Waals surface area contributed by atoms with E-state index in [9.17, 15) is 13.2 Å². The second-order valence-corrected chi connectivity index (χ2v) is 6.30. The Balaban J connectivity index is 2.58. The van der Waals surface area contributed by atoms with Crippen LogP contribution in [0, 0.1) is 0 Å². The smallest absolute Gasteiger partial charge is 0.264 e. The zero-order chi connectivity index (χ0) is 13.8. The highest BCUT2D eigenvalue weighted by Gasteiger charge is 2.14. The van der Waals surface area contributed by atoms with Crippen molar-refractivity contribution in [3.63, 3.8) is 0 Å². The lowest BCUT2D eigenvalue weighted by Gasteiger charge is -2.12. The van der Waals surface area contributed by atoms with Crippen molar-refractivity contribution in [3.8, 4) is 0 Å². The predicted molar refractivity (Wildman–Crippen MR) is 64.7 cm³/mol. The molecule has 1 aromatic heterocycles. The van der Waals surface area contributed by atoms with Crippen LogP contribution in [0.5, 0.6) is 0 Å². The molecule has 0 aliphatic heterocycles. The number of carbonyl (C=O) groups is 1. The summed E-state index contributed by atoms with van der Waals surface area (Å²) in [5.41, 5.74) is 0. The van der Waals surface area contributed by atoms with Gasteiger partial charge in [0, 0.05) is 30.0 Å². The number of carbonyl (C=O) groups excluding carboxylic acids is 1. The van der Waals surface area contributed by atoms with Gasteiger partial charge in [0.25, 0.3) is 9.05 Å². The van der Waals surface area contributed by atoms with Crippen LogP contribution in [0.1, 0.15) is 6.92 Å². The summed E-state index contributed by atoms with van der Waals surface area (Å²) >= 11 is 0. The summed E-state index contributed by atoms with van der Waals surface area (Å²) in [6.45, 7) is 2.10. The Morgan fingerprint density at radius 3 is 2.83 bits per heavy atom. The molecule has 0 saturated carbocycles. The number of rotatable bonds is 6. The quantitative estimate of drug-likeness (QED) is 0.744. The van der Waals surface area contributed by atoms with Gasteiger partial charge in [-0.05, 0) is 6.92 Å². The summed E-state index contributed by atoms with van der Waals surface area (Å²) in [5.74, 6) is -0.291. The highest BCUT2D eigenvalue weighted by Crippen LogP contribution is 2.12. The molecule has 1 rings (SSSR count). The molecule has 18 heavy (non-hydrogen) atoms. The third-order valence-electron chi connectivity index (χ3n) is 2.02. The molecule has 0 aliphatic carbocycles. The fraction of sp³-hybridized carbons (Fsp3) is 0.556. The predicted octanol–water partition coefficient (Wildman–Crippen LogP) is -0.0383. The van der Waals surface area contributed by atoms with Gasteiger partial charge in [-0.3, -0.25) is 9.48 Å². The molecular formula is C9H14ClN3O4S. The molecule has 0 aromatic carbocycles. The minimum atomic E-state index is -3.81. The van der Waals surface area contributed by atoms with Gasteiger partial charge in [-0.15, -0.1) is 0 Å². The van der Waals surface area contributed by atoms with Crippen LogP contribution >= 0.6 is 10.7 Å². The molecule has 9 heteroatoms. The summed E-state index contributed by atoms with van der Waals surface area (Å²) in [6, 6.07) is -0.130. The highest BCUT2D eigenvalue weighted by molar-refractivity contribution is 8.13. The number of hydrogen-bond acceptors (Lipinski definition) is 5. The van der Waals surface area contributed by atoms with Crippen LogP contribution in [0.25, 0.3) is 0 Å². The van der Waals surface area contributed by atoms with Crippen LogP contribution in [-0.2, 0) is 25.1 Å². The first-order valence-corrected chi connectivity index (χ1v) is 7.39. The van der Waals surface area contributed by atoms with Gasteiger partial charge in [-0.2, -0.15) is 5.10 Å². The lowest BCUT2D eigenvalue weighted by Crippen LogP contribution is -2.37. The van der Waals surface area contributed by atoms with Crippen LogP contribution < -0.4 is 5.32 Å². The summed E-state index contributed by atoms with van der Waals surface area (Å²) < 4.78 is 28.0. The van der Waals surface area contributed by atoms with Crippen molar-refractivity contribution in [2.75, 3.05) is 13.7 Å². The minimum Gasteiger partial charge on any atom is -0.383 e. The maximum Gasteiger partial charge on any atom is 0.264 e. The van der Waals surface area contributed by atoms with Gasteiger partial charge in [-0.25, -0.2) is 8.42 Å². The topological polar surface area (TPSA) is 90.3 Å². The van der Waals surface area contributed by atoms with Gasteiger partial charge in [-0.1, -0.05) is 0 Å². The van der Waals surface area contributed by atoms with Crippen LogP contribution in [-0.4, -0.2) is 43.9 Å². The van der Waals surface area contributed by atoms with E-state index in [2.05, 4.69) is 10.4 Å². The average molecular weight is 296 g/mol. The fourth-order valence-electron chi connectivity index (χ4n) is 1.32.